The van der Waals surface area contributed by atoms with E-state index >= 15 is 0 Å². The van der Waals surface area contributed by atoms with Crippen LogP contribution < -0.4 is 5.32 Å². The summed E-state index contributed by atoms with van der Waals surface area (Å²) in [5, 5.41) is 12.6. The predicted octanol–water partition coefficient (Wildman–Crippen LogP) is 2.59. The zero-order valence-electron chi connectivity index (χ0n) is 20.8. The quantitative estimate of drug-likeness (QED) is 0.612. The lowest BCUT2D eigenvalue weighted by atomic mass is 10.0. The van der Waals surface area contributed by atoms with Crippen LogP contribution in [-0.2, 0) is 30.4 Å². The Morgan fingerprint density at radius 3 is 2.40 bits per heavy atom. The number of nitrogens with zero attached hydrogens (tertiary/aromatic N) is 2. The molecule has 1 aromatic rings. The minimum Gasteiger partial charge on any atom is -0.479 e. The van der Waals surface area contributed by atoms with Gasteiger partial charge in [-0.25, -0.2) is 9.59 Å². The Hall–Kier alpha value is -3.40. The molecule has 0 unspecified atom stereocenters. The van der Waals surface area contributed by atoms with Gasteiger partial charge in [0.25, 0.3) is 5.91 Å². The molecule has 3 rings (SSSR count). The topological polar surface area (TPSA) is 125 Å². The summed E-state index contributed by atoms with van der Waals surface area (Å²) in [6, 6.07) is 4.90. The average Bonchev–Trinajstić information content (AvgIpc) is 3.20. The molecule has 2 aliphatic heterocycles. The second-order valence-corrected chi connectivity index (χ2v) is 9.72. The van der Waals surface area contributed by atoms with Crippen LogP contribution in [0, 0.1) is 0 Å². The maximum Gasteiger partial charge on any atom is 0.410 e. The molecule has 0 bridgehead atoms. The molecule has 0 radical (unpaired) electrons. The molecule has 2 N–H and O–H groups in total. The number of aliphatic carboxylic acids is 1. The van der Waals surface area contributed by atoms with Crippen LogP contribution in [-0.4, -0.2) is 70.7 Å². The lowest BCUT2D eigenvalue weighted by Crippen LogP contribution is -2.49. The minimum atomic E-state index is -1.16. The van der Waals surface area contributed by atoms with Gasteiger partial charge in [0.2, 0.25) is 5.91 Å². The molecule has 3 amide bonds. The Morgan fingerprint density at radius 1 is 1.17 bits per heavy atom. The molecule has 0 saturated carbocycles. The van der Waals surface area contributed by atoms with Gasteiger partial charge in [-0.2, -0.15) is 0 Å². The number of amides is 3. The summed E-state index contributed by atoms with van der Waals surface area (Å²) in [4.78, 5) is 53.8. The first-order valence-corrected chi connectivity index (χ1v) is 11.6. The number of hydrogen-bond donors (Lipinski definition) is 2. The number of hydrogen-bond acceptors (Lipinski definition) is 6. The van der Waals surface area contributed by atoms with E-state index < -0.39 is 41.6 Å². The fourth-order valence-corrected chi connectivity index (χ4v) is 4.04. The van der Waals surface area contributed by atoms with E-state index in [1.165, 1.54) is 18.9 Å². The minimum absolute atomic E-state index is 0.0433. The van der Waals surface area contributed by atoms with Gasteiger partial charge >= 0.3 is 12.1 Å². The lowest BCUT2D eigenvalue weighted by Gasteiger charge is -2.30. The molecule has 10 nitrogen and oxygen atoms in total. The molecule has 1 saturated heterocycles. The van der Waals surface area contributed by atoms with E-state index in [0.717, 1.165) is 10.5 Å². The van der Waals surface area contributed by atoms with Crippen molar-refractivity contribution in [1.82, 2.24) is 15.1 Å². The second-order valence-electron chi connectivity index (χ2n) is 9.72. The molecule has 35 heavy (non-hydrogen) atoms. The van der Waals surface area contributed by atoms with Crippen LogP contribution >= 0.6 is 0 Å². The van der Waals surface area contributed by atoms with Gasteiger partial charge in [0.15, 0.2) is 6.04 Å². The number of carbonyl (C=O) groups excluding carboxylic acids is 3. The number of carboxylic acid groups (broad SMARTS) is 1. The molecule has 2 heterocycles. The monoisotopic (exact) mass is 487 g/mol. The fraction of sp³-hybridized carbons (Fsp3) is 0.520. The molecule has 1 fully saturated rings. The van der Waals surface area contributed by atoms with Crippen LogP contribution in [0.15, 0.2) is 35.5 Å². The summed E-state index contributed by atoms with van der Waals surface area (Å²) in [5.41, 5.74) is 1.29. The molecule has 0 spiro atoms. The van der Waals surface area contributed by atoms with Crippen molar-refractivity contribution in [2.45, 2.75) is 64.8 Å². The maximum absolute atomic E-state index is 13.7. The highest BCUT2D eigenvalue weighted by Crippen LogP contribution is 2.35. The summed E-state index contributed by atoms with van der Waals surface area (Å²) >= 11 is 0. The summed E-state index contributed by atoms with van der Waals surface area (Å²) < 4.78 is 10.7. The highest BCUT2D eigenvalue weighted by molar-refractivity contribution is 6.01. The van der Waals surface area contributed by atoms with E-state index in [1.807, 2.05) is 0 Å². The summed E-state index contributed by atoms with van der Waals surface area (Å²) in [6.45, 7) is 7.59. The SMILES string of the molecule is C[C@@H](C(=O)NC(C(=O)N1Cc2ccccc2[C@H]1C(=O)O)=C1CCOCC1)N(C)C(=O)OC(C)(C)C. The number of ether oxygens (including phenoxy) is 2. The van der Waals surface area contributed by atoms with Crippen molar-refractivity contribution >= 4 is 23.9 Å². The number of nitrogens with one attached hydrogen (secondary N) is 1. The normalized spacial score (nSPS) is 18.4. The van der Waals surface area contributed by atoms with Crippen molar-refractivity contribution in [1.29, 1.82) is 0 Å². The van der Waals surface area contributed by atoms with Crippen LogP contribution in [0.4, 0.5) is 4.79 Å². The van der Waals surface area contributed by atoms with Crippen molar-refractivity contribution in [2.24, 2.45) is 0 Å². The van der Waals surface area contributed by atoms with Crippen molar-refractivity contribution in [3.05, 3.63) is 46.7 Å². The van der Waals surface area contributed by atoms with Crippen LogP contribution in [0.25, 0.3) is 0 Å². The zero-order chi connectivity index (χ0) is 25.9. The molecule has 0 aliphatic carbocycles. The van der Waals surface area contributed by atoms with Crippen molar-refractivity contribution < 1.29 is 33.8 Å². The van der Waals surface area contributed by atoms with Gasteiger partial charge in [-0.1, -0.05) is 24.3 Å². The molecular weight excluding hydrogens is 454 g/mol. The number of carbonyl (C=O) groups is 4. The standard InChI is InChI=1S/C25H33N3O7/c1-15(27(5)24(33)35-25(2,3)4)21(29)26-19(16-10-12-34-13-11-16)22(30)28-14-17-8-6-7-9-18(17)20(28)23(31)32/h6-9,15,20H,10-14H2,1-5H3,(H,26,29)(H,31,32)/t15-,20-/m0/s1. The van der Waals surface area contributed by atoms with Gasteiger partial charge in [-0.15, -0.1) is 0 Å². The Morgan fingerprint density at radius 2 is 1.80 bits per heavy atom. The van der Waals surface area contributed by atoms with Crippen LogP contribution in [0.3, 0.4) is 0 Å². The van der Waals surface area contributed by atoms with E-state index in [1.54, 1.807) is 45.0 Å². The lowest BCUT2D eigenvalue weighted by molar-refractivity contribution is -0.148. The maximum atomic E-state index is 13.7. The Bertz CT molecular complexity index is 1040. The zero-order valence-corrected chi connectivity index (χ0v) is 20.8. The van der Waals surface area contributed by atoms with E-state index in [4.69, 9.17) is 9.47 Å². The average molecular weight is 488 g/mol. The number of fused-ring (bicyclic) bond motifs is 1. The largest absolute Gasteiger partial charge is 0.479 e. The molecule has 0 aromatic heterocycles. The first kappa shape index (κ1) is 26.2. The first-order chi connectivity index (χ1) is 16.4. The van der Waals surface area contributed by atoms with Gasteiger partial charge in [0.1, 0.15) is 17.3 Å². The molecule has 2 atom stereocenters. The van der Waals surface area contributed by atoms with E-state index in [-0.39, 0.29) is 12.2 Å². The van der Waals surface area contributed by atoms with Gasteiger partial charge in [-0.05, 0) is 57.2 Å². The van der Waals surface area contributed by atoms with Gasteiger partial charge in [0, 0.05) is 13.6 Å². The molecular formula is C25H33N3O7. The number of likely N-dealkylation sites (N-methyl/N-ethyl adjacent to an activating group) is 1. The molecule has 1 aromatic carbocycles. The second kappa shape index (κ2) is 10.5. The summed E-state index contributed by atoms with van der Waals surface area (Å²) in [6.07, 6.45) is 0.180. The Labute approximate surface area is 204 Å². The molecule has 10 heteroatoms. The number of rotatable bonds is 5. The van der Waals surface area contributed by atoms with Crippen LogP contribution in [0.5, 0.6) is 0 Å². The predicted molar refractivity (Wildman–Crippen MR) is 126 cm³/mol. The highest BCUT2D eigenvalue weighted by atomic mass is 16.6. The van der Waals surface area contributed by atoms with E-state index in [0.29, 0.717) is 37.2 Å². The molecule has 190 valence electrons. The Kier molecular flexibility index (Phi) is 7.84. The number of benzene rings is 1. The van der Waals surface area contributed by atoms with Crippen molar-refractivity contribution in [3.8, 4) is 0 Å². The van der Waals surface area contributed by atoms with Crippen molar-refractivity contribution in [3.63, 3.8) is 0 Å². The fourth-order valence-electron chi connectivity index (χ4n) is 4.04. The third-order valence-corrected chi connectivity index (χ3v) is 6.05. The first-order valence-electron chi connectivity index (χ1n) is 11.6. The third-order valence-electron chi connectivity index (χ3n) is 6.05. The van der Waals surface area contributed by atoms with Gasteiger partial charge in [0.05, 0.1) is 13.2 Å². The van der Waals surface area contributed by atoms with Crippen LogP contribution in [0.2, 0.25) is 0 Å². The van der Waals surface area contributed by atoms with Crippen molar-refractivity contribution in [2.75, 3.05) is 20.3 Å². The van der Waals surface area contributed by atoms with E-state index in [2.05, 4.69) is 5.32 Å². The Balaban J connectivity index is 1.87. The van der Waals surface area contributed by atoms with Gasteiger partial charge in [-0.3, -0.25) is 14.5 Å². The smallest absolute Gasteiger partial charge is 0.410 e. The summed E-state index contributed by atoms with van der Waals surface area (Å²) in [7, 11) is 1.44. The molecule has 2 aliphatic rings. The third kappa shape index (κ3) is 6.00. The summed E-state index contributed by atoms with van der Waals surface area (Å²) in [5.74, 6) is -2.31. The highest BCUT2D eigenvalue weighted by Gasteiger charge is 2.41. The van der Waals surface area contributed by atoms with E-state index in [9.17, 15) is 24.3 Å². The van der Waals surface area contributed by atoms with Crippen LogP contribution in [0.1, 0.15) is 57.7 Å². The number of carboxylic acids is 1. The van der Waals surface area contributed by atoms with Gasteiger partial charge < -0.3 is 24.8 Å².